The van der Waals surface area contributed by atoms with Gasteiger partial charge in [0.2, 0.25) is 0 Å². The van der Waals surface area contributed by atoms with Crippen molar-refractivity contribution in [3.63, 3.8) is 0 Å². The summed E-state index contributed by atoms with van der Waals surface area (Å²) in [6, 6.07) is 0.799. The minimum absolute atomic E-state index is 0.799. The first-order chi connectivity index (χ1) is 3.43. The van der Waals surface area contributed by atoms with Crippen LogP contribution in [0.1, 0.15) is 5.82 Å². The second kappa shape index (κ2) is 1.93. The highest BCUT2D eigenvalue weighted by Gasteiger charge is 1.83. The van der Waals surface area contributed by atoms with Crippen molar-refractivity contribution in [2.45, 2.75) is 6.04 Å². The second-order valence-corrected chi connectivity index (χ2v) is 1.57. The van der Waals surface area contributed by atoms with Gasteiger partial charge in [0, 0.05) is 22.6 Å². The van der Waals surface area contributed by atoms with E-state index in [-0.39, 0.29) is 0 Å². The van der Waals surface area contributed by atoms with Gasteiger partial charge in [0.1, 0.15) is 5.82 Å². The zero-order valence-corrected chi connectivity index (χ0v) is 4.81. The standard InChI is InChI=1S/C4H5N2Si/c7-3-4-5-1-2-6-4/h1-2H,3H2,(H,5,6). The van der Waals surface area contributed by atoms with Gasteiger partial charge in [-0.3, -0.25) is 0 Å². The molecule has 1 rings (SSSR count). The molecule has 0 fully saturated rings. The molecular formula is C4H5N2Si. The maximum absolute atomic E-state index is 3.93. The Labute approximate surface area is 45.4 Å². The van der Waals surface area contributed by atoms with Crippen LogP contribution in [-0.2, 0) is 6.04 Å². The van der Waals surface area contributed by atoms with Crippen LogP contribution in [0.3, 0.4) is 0 Å². The Hall–Kier alpha value is -0.573. The number of nitrogens with zero attached hydrogens (tertiary/aromatic N) is 1. The largest absolute Gasteiger partial charge is 0.349 e. The first-order valence-corrected chi connectivity index (χ1v) is 2.77. The lowest BCUT2D eigenvalue weighted by Crippen LogP contribution is -1.83. The molecule has 35 valence electrons. The zero-order valence-electron chi connectivity index (χ0n) is 3.81. The number of hydrogen-bond acceptors (Lipinski definition) is 1. The highest BCUT2D eigenvalue weighted by Crippen LogP contribution is 1.83. The van der Waals surface area contributed by atoms with Crippen LogP contribution in [0.5, 0.6) is 0 Å². The van der Waals surface area contributed by atoms with Crippen molar-refractivity contribution in [3.05, 3.63) is 18.2 Å². The van der Waals surface area contributed by atoms with Crippen molar-refractivity contribution in [3.8, 4) is 0 Å². The average Bonchev–Trinajstić information content (AvgIpc) is 2.14. The third-order valence-corrected chi connectivity index (χ3v) is 1.06. The molecule has 0 aliphatic rings. The van der Waals surface area contributed by atoms with Gasteiger partial charge in [-0.25, -0.2) is 4.98 Å². The number of hydrogen-bond donors (Lipinski definition) is 1. The summed E-state index contributed by atoms with van der Waals surface area (Å²) in [5.41, 5.74) is 0. The van der Waals surface area contributed by atoms with Crippen LogP contribution in [0, 0.1) is 0 Å². The second-order valence-electron chi connectivity index (χ2n) is 1.21. The molecule has 1 heterocycles. The van der Waals surface area contributed by atoms with E-state index in [1.807, 2.05) is 0 Å². The van der Waals surface area contributed by atoms with Crippen LogP contribution in [0.4, 0.5) is 0 Å². The molecule has 0 aliphatic carbocycles. The number of aromatic nitrogens is 2. The third-order valence-electron chi connectivity index (χ3n) is 0.722. The molecule has 1 aromatic heterocycles. The molecule has 0 atom stereocenters. The lowest BCUT2D eigenvalue weighted by atomic mass is 10.7. The fraction of sp³-hybridized carbons (Fsp3) is 0.250. The van der Waals surface area contributed by atoms with E-state index in [0.717, 1.165) is 11.9 Å². The van der Waals surface area contributed by atoms with Gasteiger partial charge >= 0.3 is 0 Å². The Balaban J connectivity index is 2.76. The van der Waals surface area contributed by atoms with Gasteiger partial charge in [-0.1, -0.05) is 0 Å². The highest BCUT2D eigenvalue weighted by molar-refractivity contribution is 6.07. The van der Waals surface area contributed by atoms with E-state index in [1.165, 1.54) is 0 Å². The van der Waals surface area contributed by atoms with Crippen molar-refractivity contribution < 1.29 is 0 Å². The quantitative estimate of drug-likeness (QED) is 0.508. The summed E-state index contributed by atoms with van der Waals surface area (Å²) in [4.78, 5) is 6.86. The summed E-state index contributed by atoms with van der Waals surface area (Å²) in [6.07, 6.45) is 3.53. The van der Waals surface area contributed by atoms with E-state index in [9.17, 15) is 0 Å². The molecule has 0 saturated carbocycles. The maximum atomic E-state index is 3.93. The molecule has 0 bridgehead atoms. The summed E-state index contributed by atoms with van der Waals surface area (Å²) in [5, 5.41) is 0. The van der Waals surface area contributed by atoms with Crippen molar-refractivity contribution in [1.29, 1.82) is 0 Å². The van der Waals surface area contributed by atoms with Crippen molar-refractivity contribution in [1.82, 2.24) is 9.97 Å². The van der Waals surface area contributed by atoms with Crippen LogP contribution in [0.2, 0.25) is 0 Å². The molecule has 1 aromatic rings. The van der Waals surface area contributed by atoms with Crippen LogP contribution < -0.4 is 0 Å². The van der Waals surface area contributed by atoms with Gasteiger partial charge in [-0.05, 0) is 6.04 Å². The van der Waals surface area contributed by atoms with Gasteiger partial charge in [0.25, 0.3) is 0 Å². The van der Waals surface area contributed by atoms with Crippen LogP contribution in [0.25, 0.3) is 0 Å². The minimum atomic E-state index is 0.799. The molecule has 2 nitrogen and oxygen atoms in total. The highest BCUT2D eigenvalue weighted by atomic mass is 28.1. The predicted octanol–water partition coefficient (Wildman–Crippen LogP) is 0.0782. The van der Waals surface area contributed by atoms with Crippen molar-refractivity contribution >= 4 is 10.2 Å². The Morgan fingerprint density at radius 3 is 3.00 bits per heavy atom. The van der Waals surface area contributed by atoms with E-state index in [2.05, 4.69) is 20.2 Å². The Bertz CT molecular complexity index is 124. The van der Waals surface area contributed by atoms with Gasteiger partial charge in [-0.15, -0.1) is 0 Å². The minimum Gasteiger partial charge on any atom is -0.349 e. The smallest absolute Gasteiger partial charge is 0.102 e. The molecule has 3 heteroatoms. The van der Waals surface area contributed by atoms with Crippen LogP contribution >= 0.6 is 0 Å². The van der Waals surface area contributed by atoms with Crippen molar-refractivity contribution in [2.24, 2.45) is 0 Å². The summed E-state index contributed by atoms with van der Waals surface area (Å²) in [5.74, 6) is 0.969. The SMILES string of the molecule is [Si]Cc1ncc[nH]1. The molecule has 0 aromatic carbocycles. The first-order valence-electron chi connectivity index (χ1n) is 2.06. The molecule has 0 unspecified atom stereocenters. The summed E-state index contributed by atoms with van der Waals surface area (Å²) < 4.78 is 0. The van der Waals surface area contributed by atoms with E-state index in [1.54, 1.807) is 12.4 Å². The lowest BCUT2D eigenvalue weighted by Gasteiger charge is -1.79. The van der Waals surface area contributed by atoms with Gasteiger partial charge in [0.05, 0.1) is 0 Å². The van der Waals surface area contributed by atoms with Gasteiger partial charge in [-0.2, -0.15) is 0 Å². The number of aromatic amines is 1. The summed E-state index contributed by atoms with van der Waals surface area (Å²) in [7, 11) is 3.29. The number of imidazole rings is 1. The lowest BCUT2D eigenvalue weighted by molar-refractivity contribution is 1.11. The summed E-state index contributed by atoms with van der Waals surface area (Å²) >= 11 is 0. The van der Waals surface area contributed by atoms with E-state index < -0.39 is 0 Å². The molecule has 1 N–H and O–H groups in total. The van der Waals surface area contributed by atoms with Crippen LogP contribution in [0.15, 0.2) is 12.4 Å². The molecule has 0 spiro atoms. The Morgan fingerprint density at radius 1 is 1.86 bits per heavy atom. The average molecular weight is 109 g/mol. The van der Waals surface area contributed by atoms with Crippen molar-refractivity contribution in [2.75, 3.05) is 0 Å². The topological polar surface area (TPSA) is 28.7 Å². The molecule has 0 amide bonds. The van der Waals surface area contributed by atoms with Gasteiger partial charge in [0.15, 0.2) is 0 Å². The third kappa shape index (κ3) is 0.897. The van der Waals surface area contributed by atoms with Crippen LogP contribution in [-0.4, -0.2) is 20.2 Å². The first kappa shape index (κ1) is 4.58. The molecule has 7 heavy (non-hydrogen) atoms. The molecule has 0 aliphatic heterocycles. The predicted molar refractivity (Wildman–Crippen MR) is 28.0 cm³/mol. The van der Waals surface area contributed by atoms with E-state index in [4.69, 9.17) is 0 Å². The Morgan fingerprint density at radius 2 is 2.71 bits per heavy atom. The number of rotatable bonds is 1. The molecular weight excluding hydrogens is 104 g/mol. The number of H-pyrrole nitrogens is 1. The van der Waals surface area contributed by atoms with Gasteiger partial charge < -0.3 is 4.98 Å². The van der Waals surface area contributed by atoms with E-state index >= 15 is 0 Å². The normalized spacial score (nSPS) is 9.29. The maximum Gasteiger partial charge on any atom is 0.102 e. The number of nitrogens with one attached hydrogen (secondary N) is 1. The van der Waals surface area contributed by atoms with E-state index in [0.29, 0.717) is 0 Å². The monoisotopic (exact) mass is 109 g/mol. The fourth-order valence-corrected chi connectivity index (χ4v) is 0.588. The summed E-state index contributed by atoms with van der Waals surface area (Å²) in [6.45, 7) is 0. The molecule has 0 saturated heterocycles. The zero-order chi connectivity index (χ0) is 5.11. The Kier molecular flexibility index (Phi) is 1.26. The molecule has 3 radical (unpaired) electrons. The fourth-order valence-electron chi connectivity index (χ4n) is 0.395.